The van der Waals surface area contributed by atoms with Crippen molar-refractivity contribution in [1.29, 1.82) is 0 Å². The number of aliphatic carboxylic acids is 1. The van der Waals surface area contributed by atoms with Gasteiger partial charge in [0.1, 0.15) is 0 Å². The predicted molar refractivity (Wildman–Crippen MR) is 87.5 cm³/mol. The lowest BCUT2D eigenvalue weighted by Gasteiger charge is -2.06. The van der Waals surface area contributed by atoms with Crippen LogP contribution in [-0.4, -0.2) is 36.5 Å². The number of nitrogens with one attached hydrogen (secondary N) is 2. The molecule has 0 heterocycles. The summed E-state index contributed by atoms with van der Waals surface area (Å²) >= 11 is 0. The fourth-order valence-corrected chi connectivity index (χ4v) is 1.70. The Labute approximate surface area is 140 Å². The van der Waals surface area contributed by atoms with Crippen LogP contribution in [0.25, 0.3) is 10.8 Å². The van der Waals surface area contributed by atoms with Crippen LogP contribution in [-0.2, 0) is 4.79 Å². The Bertz CT molecular complexity index is 791. The molecule has 0 spiro atoms. The molecule has 2 rings (SSSR count). The summed E-state index contributed by atoms with van der Waals surface area (Å²) in [5.74, 6) is 2.36. The largest absolute Gasteiger partial charge is 0.490 e. The fourth-order valence-electron chi connectivity index (χ4n) is 1.70. The molecule has 0 aliphatic heterocycles. The molecule has 0 aliphatic carbocycles. The van der Waals surface area contributed by atoms with Crippen LogP contribution in [0.15, 0.2) is 41.5 Å². The molecule has 0 bridgehead atoms. The minimum absolute atomic E-state index is 0.235. The highest BCUT2D eigenvalue weighted by Crippen LogP contribution is 2.20. The normalized spacial score (nSPS) is 10.9. The van der Waals surface area contributed by atoms with E-state index in [0.717, 1.165) is 22.0 Å². The van der Waals surface area contributed by atoms with Gasteiger partial charge in [-0.1, -0.05) is 18.2 Å². The maximum atomic E-state index is 11.2. The summed E-state index contributed by atoms with van der Waals surface area (Å²) in [5, 5.41) is 18.0. The van der Waals surface area contributed by atoms with Crippen molar-refractivity contribution in [2.75, 3.05) is 12.4 Å². The van der Waals surface area contributed by atoms with Gasteiger partial charge < -0.3 is 21.6 Å². The summed E-state index contributed by atoms with van der Waals surface area (Å²) in [6.45, 7) is 0. The van der Waals surface area contributed by atoms with Gasteiger partial charge in [-0.05, 0) is 34.5 Å². The van der Waals surface area contributed by atoms with Crippen molar-refractivity contribution in [2.45, 2.75) is 6.18 Å². The summed E-state index contributed by atoms with van der Waals surface area (Å²) < 4.78 is 31.7. The number of nitrogens with two attached hydrogens (primary N) is 1. The number of carbonyl (C=O) groups is 2. The van der Waals surface area contributed by atoms with Gasteiger partial charge in [-0.25, -0.2) is 9.59 Å². The highest BCUT2D eigenvalue weighted by atomic mass is 19.4. The van der Waals surface area contributed by atoms with Crippen molar-refractivity contribution < 1.29 is 27.9 Å². The highest BCUT2D eigenvalue weighted by molar-refractivity contribution is 5.95. The molecule has 0 aliphatic rings. The first-order chi connectivity index (χ1) is 11.7. The molecular formula is C15H15F3N4O3. The molecule has 0 atom stereocenters. The van der Waals surface area contributed by atoms with E-state index in [1.54, 1.807) is 13.3 Å². The zero-order chi connectivity index (χ0) is 19.0. The van der Waals surface area contributed by atoms with Crippen LogP contribution < -0.4 is 16.5 Å². The molecule has 2 aromatic carbocycles. The van der Waals surface area contributed by atoms with E-state index in [-0.39, 0.29) is 6.03 Å². The third kappa shape index (κ3) is 6.37. The van der Waals surface area contributed by atoms with Gasteiger partial charge in [0.15, 0.2) is 0 Å². The van der Waals surface area contributed by atoms with Crippen LogP contribution >= 0.6 is 0 Å². The number of alkyl halides is 3. The molecule has 0 unspecified atom stereocenters. The molecule has 2 aromatic rings. The molecule has 134 valence electrons. The second-order valence-corrected chi connectivity index (χ2v) is 4.61. The van der Waals surface area contributed by atoms with E-state index in [9.17, 15) is 18.0 Å². The van der Waals surface area contributed by atoms with E-state index in [0.29, 0.717) is 0 Å². The Hall–Kier alpha value is -3.30. The Morgan fingerprint density at radius 2 is 1.72 bits per heavy atom. The molecule has 0 saturated heterocycles. The number of anilines is 1. The number of carboxylic acids is 1. The lowest BCUT2D eigenvalue weighted by Crippen LogP contribution is -2.24. The van der Waals surface area contributed by atoms with Crippen LogP contribution in [0.3, 0.4) is 0 Å². The second kappa shape index (κ2) is 8.52. The molecular weight excluding hydrogens is 341 g/mol. The van der Waals surface area contributed by atoms with Crippen LogP contribution in [0, 0.1) is 0 Å². The van der Waals surface area contributed by atoms with Crippen molar-refractivity contribution in [3.05, 3.63) is 42.0 Å². The van der Waals surface area contributed by atoms with Crippen LogP contribution in [0.4, 0.5) is 23.7 Å². The van der Waals surface area contributed by atoms with E-state index < -0.39 is 12.1 Å². The average Bonchev–Trinajstić information content (AvgIpc) is 2.55. The molecule has 5 N–H and O–H groups in total. The Kier molecular flexibility index (Phi) is 6.73. The summed E-state index contributed by atoms with van der Waals surface area (Å²) in [4.78, 5) is 20.1. The smallest absolute Gasteiger partial charge is 0.475 e. The standard InChI is InChI=1S/C13H14N4O.C2HF3O2/c1-15-13(18)17-12-5-4-10-6-9(8-16-14)2-3-11(10)7-12;3-2(4,5)1(6)7/h2-8H,14H2,1H3,(H2,15,17,18);(H,6,7). The van der Waals surface area contributed by atoms with Gasteiger partial charge in [-0.3, -0.25) is 0 Å². The van der Waals surface area contributed by atoms with Gasteiger partial charge in [-0.2, -0.15) is 18.3 Å². The number of halogens is 3. The number of carboxylic acid groups (broad SMARTS) is 1. The monoisotopic (exact) mass is 356 g/mol. The van der Waals surface area contributed by atoms with E-state index in [1.807, 2.05) is 36.4 Å². The lowest BCUT2D eigenvalue weighted by molar-refractivity contribution is -0.192. The number of carbonyl (C=O) groups excluding carboxylic acids is 1. The molecule has 2 amide bonds. The van der Waals surface area contributed by atoms with E-state index >= 15 is 0 Å². The molecule has 0 radical (unpaired) electrons. The number of benzene rings is 2. The van der Waals surface area contributed by atoms with Crippen molar-refractivity contribution in [3.63, 3.8) is 0 Å². The van der Waals surface area contributed by atoms with Crippen LogP contribution in [0.1, 0.15) is 5.56 Å². The van der Waals surface area contributed by atoms with Crippen molar-refractivity contribution in [2.24, 2.45) is 10.9 Å². The molecule has 7 nitrogen and oxygen atoms in total. The SMILES string of the molecule is CNC(=O)Nc1ccc2cc(C=NN)ccc2c1.O=C(O)C(F)(F)F. The first kappa shape index (κ1) is 19.7. The zero-order valence-corrected chi connectivity index (χ0v) is 13.0. The summed E-state index contributed by atoms with van der Waals surface area (Å²) in [6.07, 6.45) is -3.49. The van der Waals surface area contributed by atoms with Crippen molar-refractivity contribution in [3.8, 4) is 0 Å². The van der Waals surface area contributed by atoms with E-state index in [1.165, 1.54) is 0 Å². The number of hydrogen-bond donors (Lipinski definition) is 4. The molecule has 10 heteroatoms. The third-order valence-corrected chi connectivity index (χ3v) is 2.82. The van der Waals surface area contributed by atoms with Crippen LogP contribution in [0.2, 0.25) is 0 Å². The number of fused-ring (bicyclic) bond motifs is 1. The van der Waals surface area contributed by atoms with E-state index in [4.69, 9.17) is 15.7 Å². The second-order valence-electron chi connectivity index (χ2n) is 4.61. The number of urea groups is 1. The first-order valence-corrected chi connectivity index (χ1v) is 6.73. The Morgan fingerprint density at radius 1 is 1.16 bits per heavy atom. The third-order valence-electron chi connectivity index (χ3n) is 2.82. The zero-order valence-electron chi connectivity index (χ0n) is 13.0. The average molecular weight is 356 g/mol. The highest BCUT2D eigenvalue weighted by Gasteiger charge is 2.38. The summed E-state index contributed by atoms with van der Waals surface area (Å²) in [7, 11) is 1.58. The topological polar surface area (TPSA) is 117 Å². The summed E-state index contributed by atoms with van der Waals surface area (Å²) in [5.41, 5.74) is 1.69. The molecule has 25 heavy (non-hydrogen) atoms. The maximum absolute atomic E-state index is 11.2. The van der Waals surface area contributed by atoms with Crippen molar-refractivity contribution >= 4 is 34.7 Å². The minimum Gasteiger partial charge on any atom is -0.475 e. The molecule has 0 aromatic heterocycles. The van der Waals surface area contributed by atoms with Gasteiger partial charge in [-0.15, -0.1) is 0 Å². The number of rotatable bonds is 2. The molecule has 0 fully saturated rings. The number of hydrogen-bond acceptors (Lipinski definition) is 4. The minimum atomic E-state index is -5.08. The lowest BCUT2D eigenvalue weighted by atomic mass is 10.1. The fraction of sp³-hybridized carbons (Fsp3) is 0.133. The molecule has 0 saturated carbocycles. The first-order valence-electron chi connectivity index (χ1n) is 6.73. The van der Waals surface area contributed by atoms with Gasteiger partial charge in [0, 0.05) is 12.7 Å². The quantitative estimate of drug-likeness (QED) is 0.376. The summed E-state index contributed by atoms with van der Waals surface area (Å²) in [6, 6.07) is 11.3. The predicted octanol–water partition coefficient (Wildman–Crippen LogP) is 2.52. The number of hydrazone groups is 1. The number of amides is 2. The van der Waals surface area contributed by atoms with E-state index in [2.05, 4.69) is 15.7 Å². The number of nitrogens with zero attached hydrogens (tertiary/aromatic N) is 1. The maximum Gasteiger partial charge on any atom is 0.490 e. The van der Waals surface area contributed by atoms with Crippen LogP contribution in [0.5, 0.6) is 0 Å². The Morgan fingerprint density at radius 3 is 2.24 bits per heavy atom. The van der Waals surface area contributed by atoms with Gasteiger partial charge in [0.25, 0.3) is 0 Å². The van der Waals surface area contributed by atoms with Gasteiger partial charge in [0.2, 0.25) is 0 Å². The van der Waals surface area contributed by atoms with Crippen molar-refractivity contribution in [1.82, 2.24) is 5.32 Å². The van der Waals surface area contributed by atoms with Gasteiger partial charge >= 0.3 is 18.2 Å². The Balaban J connectivity index is 0.000000381. The van der Waals surface area contributed by atoms with Gasteiger partial charge in [0.05, 0.1) is 6.21 Å².